The average Bonchev–Trinajstić information content (AvgIpc) is 3.25. The zero-order valence-corrected chi connectivity index (χ0v) is 16.2. The summed E-state index contributed by atoms with van der Waals surface area (Å²) in [4.78, 5) is 34.0. The first-order chi connectivity index (χ1) is 13.5. The Hall–Kier alpha value is -3.26. The van der Waals surface area contributed by atoms with Crippen LogP contribution >= 0.6 is 11.6 Å². The van der Waals surface area contributed by atoms with Crippen molar-refractivity contribution in [2.45, 2.75) is 13.0 Å². The van der Waals surface area contributed by atoms with E-state index in [0.29, 0.717) is 5.02 Å². The Kier molecular flexibility index (Phi) is 6.00. The number of aromatic nitrogens is 4. The standard InChI is InChI=1S/C19H19ClN6O2/c1-13(14-3-5-16(6-4-14)26-12-21-11-24-26)25(2)18(27)10-23-19(28)17-9-15(20)7-8-22-17/h3-9,11-13H,10H2,1-2H3,(H,23,28)/t13-/m1/s1. The van der Waals surface area contributed by atoms with Crippen LogP contribution in [0.25, 0.3) is 5.69 Å². The third-order valence-corrected chi connectivity index (χ3v) is 4.62. The number of nitrogens with one attached hydrogen (secondary N) is 1. The molecule has 0 aliphatic heterocycles. The minimum absolute atomic E-state index is 0.134. The molecule has 1 atom stereocenters. The van der Waals surface area contributed by atoms with Gasteiger partial charge < -0.3 is 10.2 Å². The van der Waals surface area contributed by atoms with Crippen LogP contribution in [0.3, 0.4) is 0 Å². The number of nitrogens with zero attached hydrogens (tertiary/aromatic N) is 5. The van der Waals surface area contributed by atoms with Gasteiger partial charge in [0.15, 0.2) is 0 Å². The van der Waals surface area contributed by atoms with Crippen LogP contribution in [0, 0.1) is 0 Å². The second kappa shape index (κ2) is 8.62. The molecule has 0 saturated heterocycles. The molecule has 0 aliphatic carbocycles. The van der Waals surface area contributed by atoms with E-state index in [-0.39, 0.29) is 24.2 Å². The molecule has 0 bridgehead atoms. The first kappa shape index (κ1) is 19.5. The zero-order valence-electron chi connectivity index (χ0n) is 15.4. The molecule has 0 aliphatic rings. The Bertz CT molecular complexity index is 959. The van der Waals surface area contributed by atoms with Crippen LogP contribution < -0.4 is 5.32 Å². The van der Waals surface area contributed by atoms with Crippen molar-refractivity contribution < 1.29 is 9.59 Å². The van der Waals surface area contributed by atoms with Crippen LogP contribution in [-0.2, 0) is 4.79 Å². The largest absolute Gasteiger partial charge is 0.342 e. The third kappa shape index (κ3) is 4.52. The SMILES string of the molecule is C[C@H](c1ccc(-n2cncn2)cc1)N(C)C(=O)CNC(=O)c1cc(Cl)ccn1. The molecule has 0 spiro atoms. The third-order valence-electron chi connectivity index (χ3n) is 4.39. The fourth-order valence-electron chi connectivity index (χ4n) is 2.59. The normalized spacial score (nSPS) is 11.7. The molecule has 28 heavy (non-hydrogen) atoms. The Morgan fingerprint density at radius 1 is 1.25 bits per heavy atom. The van der Waals surface area contributed by atoms with E-state index in [1.165, 1.54) is 18.6 Å². The number of hydrogen-bond donors (Lipinski definition) is 1. The van der Waals surface area contributed by atoms with Crippen molar-refractivity contribution >= 4 is 23.4 Å². The van der Waals surface area contributed by atoms with Gasteiger partial charge in [-0.3, -0.25) is 14.6 Å². The van der Waals surface area contributed by atoms with Crippen molar-refractivity contribution in [1.29, 1.82) is 0 Å². The van der Waals surface area contributed by atoms with Gasteiger partial charge in [0.2, 0.25) is 5.91 Å². The van der Waals surface area contributed by atoms with Crippen LogP contribution in [0.2, 0.25) is 5.02 Å². The van der Waals surface area contributed by atoms with E-state index < -0.39 is 5.91 Å². The second-order valence-corrected chi connectivity index (χ2v) is 6.59. The highest BCUT2D eigenvalue weighted by Crippen LogP contribution is 2.20. The van der Waals surface area contributed by atoms with Crippen molar-refractivity contribution in [2.75, 3.05) is 13.6 Å². The molecule has 0 saturated carbocycles. The highest BCUT2D eigenvalue weighted by Gasteiger charge is 2.18. The minimum atomic E-state index is -0.450. The summed E-state index contributed by atoms with van der Waals surface area (Å²) >= 11 is 5.85. The molecule has 0 unspecified atom stereocenters. The molecule has 8 nitrogen and oxygen atoms in total. The Morgan fingerprint density at radius 3 is 2.64 bits per heavy atom. The van der Waals surface area contributed by atoms with Gasteiger partial charge >= 0.3 is 0 Å². The number of amides is 2. The van der Waals surface area contributed by atoms with Crippen molar-refractivity contribution in [3.8, 4) is 5.69 Å². The molecule has 3 aromatic rings. The van der Waals surface area contributed by atoms with Gasteiger partial charge in [-0.2, -0.15) is 5.10 Å². The number of benzene rings is 1. The Labute approximate surface area is 167 Å². The summed E-state index contributed by atoms with van der Waals surface area (Å²) in [5.41, 5.74) is 2.01. The fourth-order valence-corrected chi connectivity index (χ4v) is 2.75. The Morgan fingerprint density at radius 2 is 2.00 bits per heavy atom. The molecule has 9 heteroatoms. The topological polar surface area (TPSA) is 93.0 Å². The lowest BCUT2D eigenvalue weighted by atomic mass is 10.1. The summed E-state index contributed by atoms with van der Waals surface area (Å²) < 4.78 is 1.66. The first-order valence-electron chi connectivity index (χ1n) is 8.56. The van der Waals surface area contributed by atoms with Crippen LogP contribution in [0.4, 0.5) is 0 Å². The maximum atomic E-state index is 12.5. The van der Waals surface area contributed by atoms with E-state index >= 15 is 0 Å². The molecule has 0 fully saturated rings. The molecule has 1 aromatic carbocycles. The molecule has 1 N–H and O–H groups in total. The average molecular weight is 399 g/mol. The zero-order chi connectivity index (χ0) is 20.1. The molecule has 2 amide bonds. The molecule has 2 aromatic heterocycles. The van der Waals surface area contributed by atoms with Crippen LogP contribution in [0.1, 0.15) is 29.0 Å². The van der Waals surface area contributed by atoms with Crippen molar-refractivity contribution in [3.63, 3.8) is 0 Å². The lowest BCUT2D eigenvalue weighted by Gasteiger charge is -2.25. The number of carbonyl (C=O) groups excluding carboxylic acids is 2. The van der Waals surface area contributed by atoms with Crippen molar-refractivity contribution in [3.05, 3.63) is 71.5 Å². The van der Waals surface area contributed by atoms with E-state index in [4.69, 9.17) is 11.6 Å². The summed E-state index contributed by atoms with van der Waals surface area (Å²) in [6.07, 6.45) is 4.53. The maximum absolute atomic E-state index is 12.5. The monoisotopic (exact) mass is 398 g/mol. The van der Waals surface area contributed by atoms with E-state index in [1.807, 2.05) is 31.2 Å². The van der Waals surface area contributed by atoms with Gasteiger partial charge in [0, 0.05) is 18.3 Å². The summed E-state index contributed by atoms with van der Waals surface area (Å²) in [5.74, 6) is -0.669. The predicted octanol–water partition coefficient (Wildman–Crippen LogP) is 2.27. The van der Waals surface area contributed by atoms with E-state index in [1.54, 1.807) is 29.0 Å². The van der Waals surface area contributed by atoms with Gasteiger partial charge in [-0.05, 0) is 36.8 Å². The summed E-state index contributed by atoms with van der Waals surface area (Å²) in [5, 5.41) is 7.06. The van der Waals surface area contributed by atoms with Crippen LogP contribution in [-0.4, -0.2) is 50.1 Å². The minimum Gasteiger partial charge on any atom is -0.342 e. The van der Waals surface area contributed by atoms with Gasteiger partial charge in [-0.1, -0.05) is 23.7 Å². The number of pyridine rings is 1. The van der Waals surface area contributed by atoms with Gasteiger partial charge in [-0.15, -0.1) is 0 Å². The highest BCUT2D eigenvalue weighted by atomic mass is 35.5. The summed E-state index contributed by atoms with van der Waals surface area (Å²) in [6.45, 7) is 1.79. The summed E-state index contributed by atoms with van der Waals surface area (Å²) in [6, 6.07) is 10.5. The van der Waals surface area contributed by atoms with Crippen molar-refractivity contribution in [2.24, 2.45) is 0 Å². The fraction of sp³-hybridized carbons (Fsp3) is 0.211. The number of rotatable bonds is 6. The molecular formula is C19H19ClN6O2. The quantitative estimate of drug-likeness (QED) is 0.687. The number of halogens is 1. The van der Waals surface area contributed by atoms with Gasteiger partial charge in [0.25, 0.3) is 5.91 Å². The van der Waals surface area contributed by atoms with Gasteiger partial charge in [-0.25, -0.2) is 9.67 Å². The summed E-state index contributed by atoms with van der Waals surface area (Å²) in [7, 11) is 1.70. The molecule has 144 valence electrons. The highest BCUT2D eigenvalue weighted by molar-refractivity contribution is 6.30. The number of hydrogen-bond acceptors (Lipinski definition) is 5. The van der Waals surface area contributed by atoms with E-state index in [9.17, 15) is 9.59 Å². The molecule has 3 rings (SSSR count). The lowest BCUT2D eigenvalue weighted by molar-refractivity contribution is -0.130. The molecule has 0 radical (unpaired) electrons. The van der Waals surface area contributed by atoms with E-state index in [0.717, 1.165) is 11.3 Å². The number of carbonyl (C=O) groups is 2. The molecular weight excluding hydrogens is 380 g/mol. The smallest absolute Gasteiger partial charge is 0.270 e. The van der Waals surface area contributed by atoms with Crippen molar-refractivity contribution in [1.82, 2.24) is 30.0 Å². The Balaban J connectivity index is 1.58. The van der Waals surface area contributed by atoms with Crippen LogP contribution in [0.15, 0.2) is 55.2 Å². The van der Waals surface area contributed by atoms with Gasteiger partial charge in [0.1, 0.15) is 18.3 Å². The number of likely N-dealkylation sites (N-methyl/N-ethyl adjacent to an activating group) is 1. The van der Waals surface area contributed by atoms with Crippen LogP contribution in [0.5, 0.6) is 0 Å². The van der Waals surface area contributed by atoms with E-state index in [2.05, 4.69) is 20.4 Å². The second-order valence-electron chi connectivity index (χ2n) is 6.15. The molecule has 2 heterocycles. The first-order valence-corrected chi connectivity index (χ1v) is 8.94. The maximum Gasteiger partial charge on any atom is 0.270 e. The lowest BCUT2D eigenvalue weighted by Crippen LogP contribution is -2.39. The predicted molar refractivity (Wildman–Crippen MR) is 104 cm³/mol. The van der Waals surface area contributed by atoms with Gasteiger partial charge in [0.05, 0.1) is 18.3 Å².